The van der Waals surface area contributed by atoms with Crippen molar-refractivity contribution in [1.82, 2.24) is 19.4 Å². The van der Waals surface area contributed by atoms with E-state index in [2.05, 4.69) is 15.0 Å². The summed E-state index contributed by atoms with van der Waals surface area (Å²) in [5.74, 6) is 1.22. The number of nitrogens with zero attached hydrogens (tertiary/aromatic N) is 4. The van der Waals surface area contributed by atoms with Gasteiger partial charge in [-0.2, -0.15) is 4.98 Å². The fourth-order valence-corrected chi connectivity index (χ4v) is 1.13. The van der Waals surface area contributed by atoms with Gasteiger partial charge in [-0.3, -0.25) is 4.40 Å². The molecule has 0 aliphatic heterocycles. The average Bonchev–Trinajstić information content (AvgIpc) is 2.34. The first kappa shape index (κ1) is 6.54. The molecule has 0 fully saturated rings. The summed E-state index contributed by atoms with van der Waals surface area (Å²) in [4.78, 5) is 12.0. The lowest BCUT2D eigenvalue weighted by Gasteiger charge is -1.95. The van der Waals surface area contributed by atoms with Crippen molar-refractivity contribution >= 4 is 17.4 Å². The van der Waals surface area contributed by atoms with E-state index in [4.69, 9.17) is 11.6 Å². The summed E-state index contributed by atoms with van der Waals surface area (Å²) in [6.07, 6.45) is 3.35. The van der Waals surface area contributed by atoms with Crippen LogP contribution in [-0.4, -0.2) is 19.4 Å². The number of halogens is 1. The predicted molar refractivity (Wildman–Crippen MR) is 40.5 cm³/mol. The molecule has 2 rings (SSSR count). The van der Waals surface area contributed by atoms with Crippen molar-refractivity contribution in [2.45, 2.75) is 6.92 Å². The molecule has 0 radical (unpaired) electrons. The molecule has 5 heteroatoms. The molecule has 0 aliphatic carbocycles. The zero-order chi connectivity index (χ0) is 7.84. The Labute approximate surface area is 67.9 Å². The summed E-state index contributed by atoms with van der Waals surface area (Å²) >= 11 is 5.78. The lowest BCUT2D eigenvalue weighted by atomic mass is 10.7. The minimum Gasteiger partial charge on any atom is -0.258 e. The highest BCUT2D eigenvalue weighted by molar-refractivity contribution is 6.28. The first-order chi connectivity index (χ1) is 5.27. The van der Waals surface area contributed by atoms with E-state index in [0.29, 0.717) is 16.9 Å². The van der Waals surface area contributed by atoms with Crippen LogP contribution in [0.4, 0.5) is 0 Å². The molecule has 4 nitrogen and oxygen atoms in total. The lowest BCUT2D eigenvalue weighted by Crippen LogP contribution is -1.96. The van der Waals surface area contributed by atoms with Crippen LogP contribution in [0.25, 0.3) is 5.78 Å². The zero-order valence-electron chi connectivity index (χ0n) is 5.82. The van der Waals surface area contributed by atoms with Crippen LogP contribution in [0.5, 0.6) is 0 Å². The molecule has 0 amide bonds. The SMILES string of the molecule is Cc1nc(Cl)n2ccnc2n1. The Hall–Kier alpha value is -1.16. The van der Waals surface area contributed by atoms with Gasteiger partial charge in [0.1, 0.15) is 5.82 Å². The molecule has 0 aromatic carbocycles. The standard InChI is InChI=1S/C6H5ClN4/c1-4-9-5(7)11-3-2-8-6(11)10-4/h2-3H,1H3. The monoisotopic (exact) mass is 168 g/mol. The molecular formula is C6H5ClN4. The van der Waals surface area contributed by atoms with Crippen molar-refractivity contribution in [2.75, 3.05) is 0 Å². The molecular weight excluding hydrogens is 164 g/mol. The smallest absolute Gasteiger partial charge is 0.237 e. The summed E-state index contributed by atoms with van der Waals surface area (Å²) in [5.41, 5.74) is 0. The number of aromatic nitrogens is 4. The molecule has 0 saturated heterocycles. The summed E-state index contributed by atoms with van der Waals surface area (Å²) < 4.78 is 1.62. The third kappa shape index (κ3) is 0.952. The van der Waals surface area contributed by atoms with Crippen LogP contribution in [0.3, 0.4) is 0 Å². The van der Waals surface area contributed by atoms with Gasteiger partial charge in [0.2, 0.25) is 11.1 Å². The Kier molecular flexibility index (Phi) is 1.29. The Balaban J connectivity index is 2.91. The second-order valence-corrected chi connectivity index (χ2v) is 2.48. The minimum atomic E-state index is 0.394. The lowest BCUT2D eigenvalue weighted by molar-refractivity contribution is 0.957. The van der Waals surface area contributed by atoms with Crippen molar-refractivity contribution in [3.05, 3.63) is 23.5 Å². The fourth-order valence-electron chi connectivity index (χ4n) is 0.879. The van der Waals surface area contributed by atoms with Gasteiger partial charge in [-0.15, -0.1) is 0 Å². The Morgan fingerprint density at radius 1 is 1.45 bits per heavy atom. The normalized spacial score (nSPS) is 10.7. The molecule has 0 N–H and O–H groups in total. The molecule has 11 heavy (non-hydrogen) atoms. The van der Waals surface area contributed by atoms with E-state index in [1.165, 1.54) is 0 Å². The molecule has 0 spiro atoms. The third-order valence-electron chi connectivity index (χ3n) is 1.34. The fraction of sp³-hybridized carbons (Fsp3) is 0.167. The molecule has 0 aliphatic rings. The predicted octanol–water partition coefficient (Wildman–Crippen LogP) is 1.09. The van der Waals surface area contributed by atoms with E-state index in [1.807, 2.05) is 0 Å². The molecule has 2 heterocycles. The Morgan fingerprint density at radius 3 is 3.09 bits per heavy atom. The maximum absolute atomic E-state index is 5.78. The number of aryl methyl sites for hydroxylation is 1. The van der Waals surface area contributed by atoms with Gasteiger partial charge in [-0.1, -0.05) is 0 Å². The summed E-state index contributed by atoms with van der Waals surface area (Å²) in [5, 5.41) is 0.394. The average molecular weight is 169 g/mol. The maximum Gasteiger partial charge on any atom is 0.237 e. The van der Waals surface area contributed by atoms with Crippen molar-refractivity contribution in [3.63, 3.8) is 0 Å². The topological polar surface area (TPSA) is 43.1 Å². The summed E-state index contributed by atoms with van der Waals surface area (Å²) in [6.45, 7) is 1.78. The number of imidazole rings is 1. The van der Waals surface area contributed by atoms with E-state index >= 15 is 0 Å². The van der Waals surface area contributed by atoms with E-state index in [-0.39, 0.29) is 0 Å². The molecule has 2 aromatic heterocycles. The van der Waals surface area contributed by atoms with Gasteiger partial charge in [0.05, 0.1) is 0 Å². The van der Waals surface area contributed by atoms with Gasteiger partial charge >= 0.3 is 0 Å². The Bertz CT molecular complexity index is 394. The third-order valence-corrected chi connectivity index (χ3v) is 1.60. The Morgan fingerprint density at radius 2 is 2.27 bits per heavy atom. The van der Waals surface area contributed by atoms with E-state index in [0.717, 1.165) is 0 Å². The maximum atomic E-state index is 5.78. The van der Waals surface area contributed by atoms with Crippen molar-refractivity contribution in [2.24, 2.45) is 0 Å². The summed E-state index contributed by atoms with van der Waals surface area (Å²) in [7, 11) is 0. The van der Waals surface area contributed by atoms with Crippen molar-refractivity contribution in [1.29, 1.82) is 0 Å². The highest BCUT2D eigenvalue weighted by Gasteiger charge is 2.01. The minimum absolute atomic E-state index is 0.394. The summed E-state index contributed by atoms with van der Waals surface area (Å²) in [6, 6.07) is 0. The molecule has 0 unspecified atom stereocenters. The number of rotatable bonds is 0. The quantitative estimate of drug-likeness (QED) is 0.592. The first-order valence-corrected chi connectivity index (χ1v) is 3.48. The molecule has 2 aromatic rings. The van der Waals surface area contributed by atoms with Gasteiger partial charge in [0.25, 0.3) is 0 Å². The largest absolute Gasteiger partial charge is 0.258 e. The van der Waals surface area contributed by atoms with Gasteiger partial charge < -0.3 is 0 Å². The van der Waals surface area contributed by atoms with E-state index in [1.54, 1.807) is 23.7 Å². The second kappa shape index (κ2) is 2.17. The van der Waals surface area contributed by atoms with Gasteiger partial charge in [0, 0.05) is 12.4 Å². The highest BCUT2D eigenvalue weighted by Crippen LogP contribution is 2.06. The molecule has 0 bridgehead atoms. The van der Waals surface area contributed by atoms with Crippen LogP contribution < -0.4 is 0 Å². The molecule has 0 saturated carbocycles. The van der Waals surface area contributed by atoms with Crippen LogP contribution >= 0.6 is 11.6 Å². The van der Waals surface area contributed by atoms with Crippen molar-refractivity contribution < 1.29 is 0 Å². The molecule has 56 valence electrons. The first-order valence-electron chi connectivity index (χ1n) is 3.10. The van der Waals surface area contributed by atoms with Gasteiger partial charge in [-0.05, 0) is 18.5 Å². The number of fused-ring (bicyclic) bond motifs is 1. The van der Waals surface area contributed by atoms with Crippen LogP contribution in [0.15, 0.2) is 12.4 Å². The van der Waals surface area contributed by atoms with Crippen LogP contribution in [-0.2, 0) is 0 Å². The second-order valence-electron chi connectivity index (χ2n) is 2.14. The van der Waals surface area contributed by atoms with E-state index in [9.17, 15) is 0 Å². The van der Waals surface area contributed by atoms with Crippen LogP contribution in [0.1, 0.15) is 5.82 Å². The van der Waals surface area contributed by atoms with Crippen LogP contribution in [0.2, 0.25) is 5.28 Å². The zero-order valence-corrected chi connectivity index (χ0v) is 6.58. The number of hydrogen-bond acceptors (Lipinski definition) is 3. The van der Waals surface area contributed by atoms with Crippen molar-refractivity contribution in [3.8, 4) is 0 Å². The highest BCUT2D eigenvalue weighted by atomic mass is 35.5. The van der Waals surface area contributed by atoms with Crippen LogP contribution in [0, 0.1) is 6.92 Å². The molecule has 0 atom stereocenters. The van der Waals surface area contributed by atoms with E-state index < -0.39 is 0 Å². The van der Waals surface area contributed by atoms with Gasteiger partial charge in [0.15, 0.2) is 0 Å². The van der Waals surface area contributed by atoms with Gasteiger partial charge in [-0.25, -0.2) is 9.97 Å². The number of hydrogen-bond donors (Lipinski definition) is 0.